The van der Waals surface area contributed by atoms with Gasteiger partial charge in [0.15, 0.2) is 0 Å². The van der Waals surface area contributed by atoms with Crippen LogP contribution in [0.25, 0.3) is 0 Å². The molecule has 4 nitrogen and oxygen atoms in total. The van der Waals surface area contributed by atoms with Crippen LogP contribution in [0.1, 0.15) is 52.4 Å². The van der Waals surface area contributed by atoms with E-state index in [2.05, 4.69) is 36.0 Å². The number of nitrogens with one attached hydrogen (secondary N) is 1. The summed E-state index contributed by atoms with van der Waals surface area (Å²) in [6.07, 6.45) is 7.07. The van der Waals surface area contributed by atoms with Gasteiger partial charge in [0.05, 0.1) is 11.7 Å². The Hall–Kier alpha value is -0.610. The van der Waals surface area contributed by atoms with Crippen LogP contribution in [0, 0.1) is 5.41 Å². The lowest BCUT2D eigenvalue weighted by atomic mass is 9.79. The van der Waals surface area contributed by atoms with Gasteiger partial charge in [0.25, 0.3) is 0 Å². The van der Waals surface area contributed by atoms with Gasteiger partial charge in [-0.3, -0.25) is 10.1 Å². The van der Waals surface area contributed by atoms with Crippen LogP contribution >= 0.6 is 0 Å². The number of hydrogen-bond acceptors (Lipinski definition) is 3. The molecule has 0 aromatic rings. The first kappa shape index (κ1) is 14.3. The second-order valence-electron chi connectivity index (χ2n) is 7.66. The molecule has 0 aromatic heterocycles. The summed E-state index contributed by atoms with van der Waals surface area (Å²) in [4.78, 5) is 17.4. The second kappa shape index (κ2) is 4.99. The number of carbonyl (C=O) groups excluding carboxylic acids is 1. The molecule has 4 heteroatoms. The molecule has 1 atom stereocenters. The molecule has 1 spiro atoms. The first-order chi connectivity index (χ1) is 9.44. The largest absolute Gasteiger partial charge is 0.325 e. The minimum Gasteiger partial charge on any atom is -0.325 e. The maximum absolute atomic E-state index is 12.9. The molecular formula is C16H29N3O. The summed E-state index contributed by atoms with van der Waals surface area (Å²) in [7, 11) is 2.19. The number of amides is 1. The molecule has 3 aliphatic rings. The first-order valence-electron chi connectivity index (χ1n) is 8.22. The molecule has 2 aliphatic heterocycles. The highest BCUT2D eigenvalue weighted by molar-refractivity contribution is 5.89. The van der Waals surface area contributed by atoms with Crippen LogP contribution < -0.4 is 5.32 Å². The van der Waals surface area contributed by atoms with Gasteiger partial charge >= 0.3 is 0 Å². The minimum absolute atomic E-state index is 0.206. The van der Waals surface area contributed by atoms with Crippen molar-refractivity contribution in [1.29, 1.82) is 0 Å². The molecule has 2 heterocycles. The number of piperidine rings is 1. The van der Waals surface area contributed by atoms with Gasteiger partial charge in [-0.25, -0.2) is 0 Å². The first-order valence-corrected chi connectivity index (χ1v) is 8.22. The Morgan fingerprint density at radius 1 is 1.20 bits per heavy atom. The third-order valence-corrected chi connectivity index (χ3v) is 5.83. The molecule has 0 radical (unpaired) electrons. The number of rotatable bonds is 2. The zero-order chi connectivity index (χ0) is 14.4. The smallest absolute Gasteiger partial charge is 0.244 e. The van der Waals surface area contributed by atoms with Crippen molar-refractivity contribution in [3.63, 3.8) is 0 Å². The summed E-state index contributed by atoms with van der Waals surface area (Å²) < 4.78 is 0. The van der Waals surface area contributed by atoms with Crippen LogP contribution in [0.3, 0.4) is 0 Å². The summed E-state index contributed by atoms with van der Waals surface area (Å²) in [5.41, 5.74) is 0.0868. The molecule has 114 valence electrons. The van der Waals surface area contributed by atoms with Crippen LogP contribution in [-0.2, 0) is 4.79 Å². The topological polar surface area (TPSA) is 35.6 Å². The van der Waals surface area contributed by atoms with Gasteiger partial charge < -0.3 is 9.80 Å². The van der Waals surface area contributed by atoms with Crippen LogP contribution in [-0.4, -0.2) is 54.1 Å². The van der Waals surface area contributed by atoms with E-state index in [9.17, 15) is 4.79 Å². The molecule has 2 saturated heterocycles. The van der Waals surface area contributed by atoms with Gasteiger partial charge in [-0.05, 0) is 58.2 Å². The predicted molar refractivity (Wildman–Crippen MR) is 80.3 cm³/mol. The molecular weight excluding hydrogens is 250 g/mol. The Balaban J connectivity index is 1.69. The third-order valence-electron chi connectivity index (χ3n) is 5.83. The van der Waals surface area contributed by atoms with Crippen molar-refractivity contribution in [2.75, 3.05) is 26.7 Å². The van der Waals surface area contributed by atoms with E-state index in [1.165, 1.54) is 25.7 Å². The van der Waals surface area contributed by atoms with Crippen molar-refractivity contribution >= 4 is 5.91 Å². The SMILES string of the molecule is CC1NC2(CCCC2)C(=O)N1CC1(C)CCN(C)CC1. The van der Waals surface area contributed by atoms with Crippen LogP contribution in [0.15, 0.2) is 0 Å². The van der Waals surface area contributed by atoms with Gasteiger partial charge in [-0.1, -0.05) is 19.8 Å². The third kappa shape index (κ3) is 2.37. The quantitative estimate of drug-likeness (QED) is 0.837. The van der Waals surface area contributed by atoms with Crippen molar-refractivity contribution in [3.8, 4) is 0 Å². The minimum atomic E-state index is -0.207. The Morgan fingerprint density at radius 3 is 2.40 bits per heavy atom. The molecule has 0 bridgehead atoms. The lowest BCUT2D eigenvalue weighted by molar-refractivity contribution is -0.134. The lowest BCUT2D eigenvalue weighted by Crippen LogP contribution is -2.47. The molecule has 0 aromatic carbocycles. The molecule has 1 N–H and O–H groups in total. The molecule has 1 saturated carbocycles. The number of hydrogen-bond donors (Lipinski definition) is 1. The molecule has 1 unspecified atom stereocenters. The van der Waals surface area contributed by atoms with Crippen molar-refractivity contribution in [3.05, 3.63) is 0 Å². The van der Waals surface area contributed by atoms with Gasteiger partial charge in [0.1, 0.15) is 0 Å². The van der Waals surface area contributed by atoms with E-state index in [1.54, 1.807) is 0 Å². The Bertz CT molecular complexity index is 381. The summed E-state index contributed by atoms with van der Waals surface area (Å²) in [5.74, 6) is 0.377. The fourth-order valence-corrected chi connectivity index (χ4v) is 4.26. The summed E-state index contributed by atoms with van der Waals surface area (Å²) in [5, 5.41) is 3.61. The van der Waals surface area contributed by atoms with Crippen molar-refractivity contribution in [2.45, 2.75) is 64.1 Å². The zero-order valence-electron chi connectivity index (χ0n) is 13.2. The van der Waals surface area contributed by atoms with Gasteiger partial charge in [-0.15, -0.1) is 0 Å². The van der Waals surface area contributed by atoms with Crippen molar-refractivity contribution < 1.29 is 4.79 Å². The molecule has 1 amide bonds. The average Bonchev–Trinajstić information content (AvgIpc) is 2.96. The Morgan fingerprint density at radius 2 is 1.80 bits per heavy atom. The van der Waals surface area contributed by atoms with E-state index < -0.39 is 0 Å². The normalized spacial score (nSPS) is 33.2. The van der Waals surface area contributed by atoms with E-state index in [-0.39, 0.29) is 11.7 Å². The highest BCUT2D eigenvalue weighted by Crippen LogP contribution is 2.39. The van der Waals surface area contributed by atoms with Crippen LogP contribution in [0.5, 0.6) is 0 Å². The van der Waals surface area contributed by atoms with Crippen LogP contribution in [0.2, 0.25) is 0 Å². The average molecular weight is 279 g/mol. The van der Waals surface area contributed by atoms with Gasteiger partial charge in [-0.2, -0.15) is 0 Å². The van der Waals surface area contributed by atoms with E-state index >= 15 is 0 Å². The van der Waals surface area contributed by atoms with E-state index in [0.29, 0.717) is 11.3 Å². The molecule has 1 aliphatic carbocycles. The highest BCUT2D eigenvalue weighted by Gasteiger charge is 2.52. The molecule has 20 heavy (non-hydrogen) atoms. The lowest BCUT2D eigenvalue weighted by Gasteiger charge is -2.41. The summed E-state index contributed by atoms with van der Waals surface area (Å²) >= 11 is 0. The number of carbonyl (C=O) groups is 1. The highest BCUT2D eigenvalue weighted by atomic mass is 16.2. The van der Waals surface area contributed by atoms with E-state index in [1.807, 2.05) is 0 Å². The van der Waals surface area contributed by atoms with Gasteiger partial charge in [0, 0.05) is 6.54 Å². The van der Waals surface area contributed by atoms with Crippen molar-refractivity contribution in [2.24, 2.45) is 5.41 Å². The van der Waals surface area contributed by atoms with Gasteiger partial charge in [0.2, 0.25) is 5.91 Å². The Labute approximate surface area is 122 Å². The Kier molecular flexibility index (Phi) is 3.57. The van der Waals surface area contributed by atoms with E-state index in [4.69, 9.17) is 0 Å². The summed E-state index contributed by atoms with van der Waals surface area (Å²) in [6.45, 7) is 7.76. The second-order valence-corrected chi connectivity index (χ2v) is 7.66. The monoisotopic (exact) mass is 279 g/mol. The number of likely N-dealkylation sites (tertiary alicyclic amines) is 1. The maximum Gasteiger partial charge on any atom is 0.244 e. The molecule has 3 fully saturated rings. The summed E-state index contributed by atoms with van der Waals surface area (Å²) in [6, 6.07) is 0. The fraction of sp³-hybridized carbons (Fsp3) is 0.938. The fourth-order valence-electron chi connectivity index (χ4n) is 4.26. The maximum atomic E-state index is 12.9. The number of nitrogens with zero attached hydrogens (tertiary/aromatic N) is 2. The van der Waals surface area contributed by atoms with E-state index in [0.717, 1.165) is 32.5 Å². The predicted octanol–water partition coefficient (Wildman–Crippen LogP) is 1.81. The van der Waals surface area contributed by atoms with Crippen LogP contribution in [0.4, 0.5) is 0 Å². The zero-order valence-corrected chi connectivity index (χ0v) is 13.2. The standard InChI is InChI=1S/C16H29N3O/c1-13-17-16(6-4-5-7-16)14(20)19(13)12-15(2)8-10-18(3)11-9-15/h13,17H,4-12H2,1-3H3. The van der Waals surface area contributed by atoms with Crippen molar-refractivity contribution in [1.82, 2.24) is 15.1 Å². The molecule has 3 rings (SSSR count).